The Kier molecular flexibility index (Phi) is 3.96. The van der Waals surface area contributed by atoms with Gasteiger partial charge in [-0.1, -0.05) is 30.2 Å². The Morgan fingerprint density at radius 2 is 2.00 bits per heavy atom. The van der Waals surface area contributed by atoms with Crippen molar-refractivity contribution >= 4 is 11.6 Å². The molecule has 3 rings (SSSR count). The standard InChI is InChI=1S/C15H21ClN2O/c16-13-6-2-5-12(15(13)19)14(11-3-1-4-11)18-9-7-17-8-10-18/h2,5-6,11,14,17,19H,1,3-4,7-10H2/t14-/m1/s1. The van der Waals surface area contributed by atoms with Gasteiger partial charge in [0.2, 0.25) is 0 Å². The van der Waals surface area contributed by atoms with Crippen LogP contribution in [0.1, 0.15) is 30.9 Å². The maximum absolute atomic E-state index is 10.3. The largest absolute Gasteiger partial charge is 0.506 e. The molecule has 2 aliphatic rings. The third-order valence-corrected chi connectivity index (χ3v) is 4.78. The van der Waals surface area contributed by atoms with Gasteiger partial charge in [0, 0.05) is 37.8 Å². The van der Waals surface area contributed by atoms with Crippen LogP contribution in [-0.2, 0) is 0 Å². The molecule has 0 aromatic heterocycles. The van der Waals surface area contributed by atoms with Gasteiger partial charge >= 0.3 is 0 Å². The number of hydrogen-bond donors (Lipinski definition) is 2. The van der Waals surface area contributed by atoms with E-state index in [-0.39, 0.29) is 5.75 Å². The van der Waals surface area contributed by atoms with Gasteiger partial charge in [-0.2, -0.15) is 0 Å². The average molecular weight is 281 g/mol. The SMILES string of the molecule is Oc1c(Cl)cccc1[C@@H](C1CCC1)N1CCNCC1. The van der Waals surface area contributed by atoms with Gasteiger partial charge in [0.05, 0.1) is 5.02 Å². The number of aromatic hydroxyl groups is 1. The fourth-order valence-corrected chi connectivity index (χ4v) is 3.42. The molecule has 19 heavy (non-hydrogen) atoms. The lowest BCUT2D eigenvalue weighted by Gasteiger charge is -2.43. The van der Waals surface area contributed by atoms with E-state index in [9.17, 15) is 5.11 Å². The Hall–Kier alpha value is -0.770. The topological polar surface area (TPSA) is 35.5 Å². The van der Waals surface area contributed by atoms with Crippen LogP contribution in [-0.4, -0.2) is 36.2 Å². The number of benzene rings is 1. The summed E-state index contributed by atoms with van der Waals surface area (Å²) in [5.74, 6) is 0.946. The minimum absolute atomic E-state index is 0.277. The van der Waals surface area contributed by atoms with E-state index in [1.807, 2.05) is 12.1 Å². The van der Waals surface area contributed by atoms with Crippen LogP contribution in [0.3, 0.4) is 0 Å². The summed E-state index contributed by atoms with van der Waals surface area (Å²) in [6.07, 6.45) is 3.84. The minimum atomic E-state index is 0.277. The summed E-state index contributed by atoms with van der Waals surface area (Å²) >= 11 is 6.08. The van der Waals surface area contributed by atoms with Crippen molar-refractivity contribution in [2.75, 3.05) is 26.2 Å². The van der Waals surface area contributed by atoms with E-state index in [0.717, 1.165) is 31.7 Å². The Labute approximate surface area is 119 Å². The molecule has 1 aliphatic heterocycles. The first-order valence-corrected chi connectivity index (χ1v) is 7.57. The normalized spacial score (nSPS) is 23.0. The van der Waals surface area contributed by atoms with Gasteiger partial charge < -0.3 is 10.4 Å². The molecule has 1 aliphatic carbocycles. The Morgan fingerprint density at radius 1 is 1.26 bits per heavy atom. The van der Waals surface area contributed by atoms with Gasteiger partial charge in [-0.3, -0.25) is 4.90 Å². The van der Waals surface area contributed by atoms with Crippen molar-refractivity contribution in [1.29, 1.82) is 0 Å². The Morgan fingerprint density at radius 3 is 2.63 bits per heavy atom. The molecule has 1 atom stereocenters. The molecule has 0 spiro atoms. The molecule has 3 nitrogen and oxygen atoms in total. The monoisotopic (exact) mass is 280 g/mol. The summed E-state index contributed by atoms with van der Waals surface area (Å²) in [6, 6.07) is 6.07. The summed E-state index contributed by atoms with van der Waals surface area (Å²) < 4.78 is 0. The lowest BCUT2D eigenvalue weighted by atomic mass is 9.76. The van der Waals surface area contributed by atoms with E-state index in [1.54, 1.807) is 6.07 Å². The molecule has 1 aromatic rings. The third kappa shape index (κ3) is 2.60. The van der Waals surface area contributed by atoms with Gasteiger partial charge in [-0.05, 0) is 24.8 Å². The van der Waals surface area contributed by atoms with E-state index in [0.29, 0.717) is 17.0 Å². The predicted molar refractivity (Wildman–Crippen MR) is 77.6 cm³/mol. The number of nitrogens with zero attached hydrogens (tertiary/aromatic N) is 1. The fraction of sp³-hybridized carbons (Fsp3) is 0.600. The number of hydrogen-bond acceptors (Lipinski definition) is 3. The fourth-order valence-electron chi connectivity index (χ4n) is 3.24. The first kappa shape index (κ1) is 13.2. The second-order valence-electron chi connectivity index (χ2n) is 5.60. The molecule has 1 saturated heterocycles. The molecule has 0 amide bonds. The van der Waals surface area contributed by atoms with Crippen molar-refractivity contribution < 1.29 is 5.11 Å². The van der Waals surface area contributed by atoms with Crippen molar-refractivity contribution in [2.24, 2.45) is 5.92 Å². The molecule has 0 radical (unpaired) electrons. The smallest absolute Gasteiger partial charge is 0.138 e. The zero-order valence-electron chi connectivity index (χ0n) is 11.1. The van der Waals surface area contributed by atoms with Crippen LogP contribution in [0.25, 0.3) is 0 Å². The highest BCUT2D eigenvalue weighted by atomic mass is 35.5. The van der Waals surface area contributed by atoms with Gasteiger partial charge in [0.25, 0.3) is 0 Å². The molecule has 1 aromatic carbocycles. The van der Waals surface area contributed by atoms with Crippen LogP contribution >= 0.6 is 11.6 Å². The summed E-state index contributed by atoms with van der Waals surface area (Å²) in [5, 5.41) is 14.2. The summed E-state index contributed by atoms with van der Waals surface area (Å²) in [7, 11) is 0. The van der Waals surface area contributed by atoms with Gasteiger partial charge in [-0.25, -0.2) is 0 Å². The van der Waals surface area contributed by atoms with Crippen molar-refractivity contribution in [1.82, 2.24) is 10.2 Å². The molecule has 0 bridgehead atoms. The number of phenols is 1. The van der Waals surface area contributed by atoms with E-state index in [1.165, 1.54) is 19.3 Å². The second-order valence-corrected chi connectivity index (χ2v) is 6.01. The molecule has 0 unspecified atom stereocenters. The van der Waals surface area contributed by atoms with Gasteiger partial charge in [-0.15, -0.1) is 0 Å². The lowest BCUT2D eigenvalue weighted by Crippen LogP contribution is -2.47. The lowest BCUT2D eigenvalue weighted by molar-refractivity contribution is 0.0819. The summed E-state index contributed by atoms with van der Waals surface area (Å²) in [5.41, 5.74) is 1.01. The Bertz CT molecular complexity index is 442. The number of phenolic OH excluding ortho intramolecular Hbond substituents is 1. The van der Waals surface area contributed by atoms with Crippen LogP contribution in [0.4, 0.5) is 0 Å². The zero-order chi connectivity index (χ0) is 13.2. The Balaban J connectivity index is 1.91. The van der Waals surface area contributed by atoms with Crippen LogP contribution < -0.4 is 5.32 Å². The molecule has 1 saturated carbocycles. The second kappa shape index (κ2) is 5.70. The van der Waals surface area contributed by atoms with Crippen molar-refractivity contribution in [2.45, 2.75) is 25.3 Å². The molecule has 1 heterocycles. The number of rotatable bonds is 3. The highest BCUT2D eigenvalue weighted by molar-refractivity contribution is 6.32. The highest BCUT2D eigenvalue weighted by Gasteiger charge is 2.35. The van der Waals surface area contributed by atoms with Crippen LogP contribution in [0.5, 0.6) is 5.75 Å². The van der Waals surface area contributed by atoms with E-state index in [2.05, 4.69) is 10.2 Å². The van der Waals surface area contributed by atoms with E-state index in [4.69, 9.17) is 11.6 Å². The predicted octanol–water partition coefficient (Wildman–Crippen LogP) is 2.79. The van der Waals surface area contributed by atoms with Crippen LogP contribution in [0.2, 0.25) is 5.02 Å². The van der Waals surface area contributed by atoms with Crippen molar-refractivity contribution in [3.63, 3.8) is 0 Å². The first-order chi connectivity index (χ1) is 9.27. The molecule has 2 fully saturated rings. The summed E-state index contributed by atoms with van der Waals surface area (Å²) in [6.45, 7) is 4.16. The number of nitrogens with one attached hydrogen (secondary N) is 1. The van der Waals surface area contributed by atoms with Crippen LogP contribution in [0, 0.1) is 5.92 Å². The quantitative estimate of drug-likeness (QED) is 0.894. The highest BCUT2D eigenvalue weighted by Crippen LogP contribution is 2.45. The van der Waals surface area contributed by atoms with Crippen molar-refractivity contribution in [3.8, 4) is 5.75 Å². The first-order valence-electron chi connectivity index (χ1n) is 7.19. The number of halogens is 1. The molecule has 4 heteroatoms. The maximum atomic E-state index is 10.3. The van der Waals surface area contributed by atoms with Gasteiger partial charge in [0.1, 0.15) is 5.75 Å². The van der Waals surface area contributed by atoms with Crippen LogP contribution in [0.15, 0.2) is 18.2 Å². The minimum Gasteiger partial charge on any atom is -0.506 e. The van der Waals surface area contributed by atoms with Crippen molar-refractivity contribution in [3.05, 3.63) is 28.8 Å². The maximum Gasteiger partial charge on any atom is 0.138 e. The average Bonchev–Trinajstić information content (AvgIpc) is 2.38. The molecular weight excluding hydrogens is 260 g/mol. The van der Waals surface area contributed by atoms with E-state index >= 15 is 0 Å². The third-order valence-electron chi connectivity index (χ3n) is 4.48. The zero-order valence-corrected chi connectivity index (χ0v) is 11.9. The summed E-state index contributed by atoms with van der Waals surface area (Å²) in [4.78, 5) is 2.51. The number of piperazine rings is 1. The number of para-hydroxylation sites is 1. The van der Waals surface area contributed by atoms with E-state index < -0.39 is 0 Å². The molecule has 104 valence electrons. The molecule has 2 N–H and O–H groups in total. The molecular formula is C15H21ClN2O. The van der Waals surface area contributed by atoms with Gasteiger partial charge in [0.15, 0.2) is 0 Å².